The Kier molecular flexibility index (Phi) is 11.0. The van der Waals surface area contributed by atoms with Gasteiger partial charge in [0.25, 0.3) is 0 Å². The third-order valence-electron chi connectivity index (χ3n) is 3.68. The molecule has 0 aromatic carbocycles. The van der Waals surface area contributed by atoms with Crippen molar-refractivity contribution in [3.05, 3.63) is 0 Å². The fourth-order valence-corrected chi connectivity index (χ4v) is 2.49. The van der Waals surface area contributed by atoms with Gasteiger partial charge in [0.1, 0.15) is 0 Å². The lowest BCUT2D eigenvalue weighted by Crippen LogP contribution is -2.42. The van der Waals surface area contributed by atoms with Gasteiger partial charge < -0.3 is 21.7 Å². The molecule has 0 aromatic rings. The zero-order valence-corrected chi connectivity index (χ0v) is 14.7. The summed E-state index contributed by atoms with van der Waals surface area (Å²) < 4.78 is 0. The topological polar surface area (TPSA) is 113 Å². The van der Waals surface area contributed by atoms with Crippen LogP contribution in [0.25, 0.3) is 0 Å². The van der Waals surface area contributed by atoms with Gasteiger partial charge in [-0.15, -0.1) is 0 Å². The van der Waals surface area contributed by atoms with E-state index in [0.717, 1.165) is 38.5 Å². The van der Waals surface area contributed by atoms with Crippen LogP contribution in [0.3, 0.4) is 0 Å². The van der Waals surface area contributed by atoms with Crippen LogP contribution in [0.5, 0.6) is 0 Å². The predicted octanol–water partition coefficient (Wildman–Crippen LogP) is 0.433. The molecule has 0 unspecified atom stereocenters. The lowest BCUT2D eigenvalue weighted by molar-refractivity contribution is -0.119. The first-order valence-corrected chi connectivity index (χ1v) is 8.27. The Hall–Kier alpha value is -1.63. The molecule has 3 amide bonds. The number of amides is 3. The van der Waals surface area contributed by atoms with E-state index in [-0.39, 0.29) is 23.3 Å². The molecule has 0 aliphatic rings. The summed E-state index contributed by atoms with van der Waals surface area (Å²) in [6.45, 7) is 6.34. The second-order valence-electron chi connectivity index (χ2n) is 6.12. The van der Waals surface area contributed by atoms with E-state index < -0.39 is 0 Å². The van der Waals surface area contributed by atoms with Gasteiger partial charge in [-0.25, -0.2) is 0 Å². The molecule has 0 spiro atoms. The molecular formula is C16H32N4O3. The molecule has 0 aromatic heterocycles. The second-order valence-corrected chi connectivity index (χ2v) is 6.12. The van der Waals surface area contributed by atoms with E-state index in [1.165, 1.54) is 20.8 Å². The van der Waals surface area contributed by atoms with Crippen molar-refractivity contribution in [1.82, 2.24) is 16.0 Å². The van der Waals surface area contributed by atoms with Crippen LogP contribution >= 0.6 is 0 Å². The van der Waals surface area contributed by atoms with Crippen molar-refractivity contribution in [2.75, 3.05) is 19.6 Å². The molecule has 0 fully saturated rings. The summed E-state index contributed by atoms with van der Waals surface area (Å²) in [6.07, 6.45) is 4.84. The maximum Gasteiger partial charge on any atom is 0.216 e. The number of rotatable bonds is 12. The average Bonchev–Trinajstić information content (AvgIpc) is 2.44. The van der Waals surface area contributed by atoms with Crippen LogP contribution in [0, 0.1) is 0 Å². The zero-order valence-electron chi connectivity index (χ0n) is 14.7. The molecule has 5 N–H and O–H groups in total. The first-order chi connectivity index (χ1) is 10.7. The van der Waals surface area contributed by atoms with Crippen LogP contribution in [-0.4, -0.2) is 42.9 Å². The largest absolute Gasteiger partial charge is 0.356 e. The van der Waals surface area contributed by atoms with Crippen molar-refractivity contribution in [2.24, 2.45) is 5.73 Å². The Morgan fingerprint density at radius 3 is 1.17 bits per heavy atom. The molecule has 0 atom stereocenters. The maximum atomic E-state index is 10.9. The van der Waals surface area contributed by atoms with E-state index in [1.807, 2.05) is 0 Å². The monoisotopic (exact) mass is 328 g/mol. The standard InChI is InChI=1S/C16H32N4O3/c1-13(21)18-10-4-7-16(17,8-5-11-19-14(2)22)9-6-12-20-15(3)23/h4-12,17H2,1-3H3,(H,18,21)(H,19,22)(H,20,23). The van der Waals surface area contributed by atoms with E-state index in [4.69, 9.17) is 5.73 Å². The van der Waals surface area contributed by atoms with Crippen LogP contribution in [-0.2, 0) is 14.4 Å². The SMILES string of the molecule is CC(=O)NCCCC(N)(CCCNC(C)=O)CCCNC(C)=O. The molecule has 0 radical (unpaired) electrons. The molecule has 134 valence electrons. The van der Waals surface area contributed by atoms with Crippen molar-refractivity contribution in [3.63, 3.8) is 0 Å². The first kappa shape index (κ1) is 21.4. The Balaban J connectivity index is 4.23. The van der Waals surface area contributed by atoms with Gasteiger partial charge in [-0.2, -0.15) is 0 Å². The van der Waals surface area contributed by atoms with Crippen molar-refractivity contribution >= 4 is 17.7 Å². The van der Waals surface area contributed by atoms with Gasteiger partial charge in [0.05, 0.1) is 0 Å². The summed E-state index contributed by atoms with van der Waals surface area (Å²) in [5, 5.41) is 8.32. The van der Waals surface area contributed by atoms with Crippen molar-refractivity contribution < 1.29 is 14.4 Å². The van der Waals surface area contributed by atoms with E-state index >= 15 is 0 Å². The fraction of sp³-hybridized carbons (Fsp3) is 0.812. The molecule has 0 aliphatic carbocycles. The van der Waals surface area contributed by atoms with E-state index in [2.05, 4.69) is 16.0 Å². The summed E-state index contributed by atoms with van der Waals surface area (Å²) in [4.78, 5) is 32.7. The summed E-state index contributed by atoms with van der Waals surface area (Å²) in [6, 6.07) is 0. The van der Waals surface area contributed by atoms with E-state index in [1.54, 1.807) is 0 Å². The lowest BCUT2D eigenvalue weighted by atomic mass is 9.84. The first-order valence-electron chi connectivity index (χ1n) is 8.27. The molecule has 0 saturated carbocycles. The smallest absolute Gasteiger partial charge is 0.216 e. The Morgan fingerprint density at radius 2 is 0.957 bits per heavy atom. The number of hydrogen-bond donors (Lipinski definition) is 4. The van der Waals surface area contributed by atoms with Crippen molar-refractivity contribution in [2.45, 2.75) is 64.8 Å². The molecule has 7 heteroatoms. The van der Waals surface area contributed by atoms with Crippen molar-refractivity contribution in [1.29, 1.82) is 0 Å². The van der Waals surface area contributed by atoms with E-state index in [9.17, 15) is 14.4 Å². The number of nitrogens with one attached hydrogen (secondary N) is 3. The molecule has 7 nitrogen and oxygen atoms in total. The molecule has 0 rings (SSSR count). The Morgan fingerprint density at radius 1 is 0.696 bits per heavy atom. The van der Waals surface area contributed by atoms with Gasteiger partial charge >= 0.3 is 0 Å². The molecule has 0 saturated heterocycles. The summed E-state index contributed by atoms with van der Waals surface area (Å²) in [5.41, 5.74) is 6.17. The molecule has 0 heterocycles. The summed E-state index contributed by atoms with van der Waals surface area (Å²) >= 11 is 0. The van der Waals surface area contributed by atoms with E-state index in [0.29, 0.717) is 19.6 Å². The van der Waals surface area contributed by atoms with Gasteiger partial charge in [0, 0.05) is 45.9 Å². The molecule has 0 aliphatic heterocycles. The molecule has 0 bridgehead atoms. The Bertz CT molecular complexity index is 330. The van der Waals surface area contributed by atoms with Crippen LogP contribution in [0.1, 0.15) is 59.3 Å². The average molecular weight is 328 g/mol. The highest BCUT2D eigenvalue weighted by atomic mass is 16.2. The van der Waals surface area contributed by atoms with Gasteiger partial charge in [-0.1, -0.05) is 0 Å². The third kappa shape index (κ3) is 13.7. The van der Waals surface area contributed by atoms with Crippen LogP contribution in [0.15, 0.2) is 0 Å². The van der Waals surface area contributed by atoms with Gasteiger partial charge in [0.2, 0.25) is 17.7 Å². The highest BCUT2D eigenvalue weighted by Crippen LogP contribution is 2.22. The molecule has 23 heavy (non-hydrogen) atoms. The normalized spacial score (nSPS) is 11.0. The second kappa shape index (κ2) is 11.9. The Labute approximate surface area is 139 Å². The number of carbonyl (C=O) groups excluding carboxylic acids is 3. The fourth-order valence-electron chi connectivity index (χ4n) is 2.49. The predicted molar refractivity (Wildman–Crippen MR) is 90.7 cm³/mol. The highest BCUT2D eigenvalue weighted by Gasteiger charge is 2.23. The van der Waals surface area contributed by atoms with Crippen LogP contribution < -0.4 is 21.7 Å². The van der Waals surface area contributed by atoms with Crippen LogP contribution in [0.2, 0.25) is 0 Å². The number of carbonyl (C=O) groups is 3. The minimum Gasteiger partial charge on any atom is -0.356 e. The zero-order chi connectivity index (χ0) is 17.7. The molecular weight excluding hydrogens is 296 g/mol. The summed E-state index contributed by atoms with van der Waals surface area (Å²) in [7, 11) is 0. The van der Waals surface area contributed by atoms with Gasteiger partial charge in [-0.05, 0) is 38.5 Å². The quantitative estimate of drug-likeness (QED) is 0.389. The highest BCUT2D eigenvalue weighted by molar-refractivity contribution is 5.73. The minimum atomic E-state index is -0.338. The number of hydrogen-bond acceptors (Lipinski definition) is 4. The van der Waals surface area contributed by atoms with Crippen molar-refractivity contribution in [3.8, 4) is 0 Å². The van der Waals surface area contributed by atoms with Gasteiger partial charge in [0.15, 0.2) is 0 Å². The van der Waals surface area contributed by atoms with Crippen LogP contribution in [0.4, 0.5) is 0 Å². The lowest BCUT2D eigenvalue weighted by Gasteiger charge is -2.30. The van der Waals surface area contributed by atoms with Gasteiger partial charge in [-0.3, -0.25) is 14.4 Å². The minimum absolute atomic E-state index is 0.0380. The third-order valence-corrected chi connectivity index (χ3v) is 3.68. The number of nitrogens with two attached hydrogens (primary N) is 1. The maximum absolute atomic E-state index is 10.9. The summed E-state index contributed by atoms with van der Waals surface area (Å²) in [5.74, 6) is -0.114.